The van der Waals surface area contributed by atoms with Crippen LogP contribution < -0.4 is 0 Å². The van der Waals surface area contributed by atoms with Crippen molar-refractivity contribution in [3.8, 4) is 0 Å². The van der Waals surface area contributed by atoms with Crippen molar-refractivity contribution in [1.82, 2.24) is 0 Å². The molecule has 1 aliphatic rings. The lowest BCUT2D eigenvalue weighted by Gasteiger charge is -2.21. The lowest BCUT2D eigenvalue weighted by Crippen LogP contribution is -2.25. The summed E-state index contributed by atoms with van der Waals surface area (Å²) in [6.45, 7) is 3.96. The molecule has 0 bridgehead atoms. The maximum absolute atomic E-state index is 15.2. The molecule has 0 spiro atoms. The SMILES string of the molecule is C=C1c2ccccc2C[C@]1(F)Cc1ccc(Cl)cc1. The Bertz CT molecular complexity index is 630. The molecule has 0 heterocycles. The van der Waals surface area contributed by atoms with Crippen LogP contribution in [0.3, 0.4) is 0 Å². The van der Waals surface area contributed by atoms with Crippen LogP contribution in [0.15, 0.2) is 55.1 Å². The van der Waals surface area contributed by atoms with Crippen LogP contribution in [0, 0.1) is 0 Å². The topological polar surface area (TPSA) is 0 Å². The molecule has 1 aliphatic carbocycles. The average molecular weight is 273 g/mol. The van der Waals surface area contributed by atoms with Gasteiger partial charge in [-0.25, -0.2) is 4.39 Å². The zero-order valence-corrected chi connectivity index (χ0v) is 11.3. The summed E-state index contributed by atoms with van der Waals surface area (Å²) in [4.78, 5) is 0. The third-order valence-corrected chi connectivity index (χ3v) is 4.00. The predicted octanol–water partition coefficient (Wildman–Crippen LogP) is 4.86. The first kappa shape index (κ1) is 12.4. The number of halogens is 2. The van der Waals surface area contributed by atoms with E-state index in [0.717, 1.165) is 16.7 Å². The second kappa shape index (κ2) is 4.50. The monoisotopic (exact) mass is 272 g/mol. The fourth-order valence-electron chi connectivity index (χ4n) is 2.71. The van der Waals surface area contributed by atoms with Crippen molar-refractivity contribution in [3.63, 3.8) is 0 Å². The van der Waals surface area contributed by atoms with E-state index >= 15 is 4.39 Å². The largest absolute Gasteiger partial charge is 0.238 e. The van der Waals surface area contributed by atoms with E-state index in [1.54, 1.807) is 12.1 Å². The van der Waals surface area contributed by atoms with E-state index < -0.39 is 5.67 Å². The van der Waals surface area contributed by atoms with Gasteiger partial charge in [0.15, 0.2) is 0 Å². The smallest absolute Gasteiger partial charge is 0.144 e. The number of rotatable bonds is 2. The zero-order valence-electron chi connectivity index (χ0n) is 10.5. The first-order chi connectivity index (χ1) is 9.08. The number of benzene rings is 2. The summed E-state index contributed by atoms with van der Waals surface area (Å²) in [6.07, 6.45) is 0.752. The molecule has 0 saturated heterocycles. The van der Waals surface area contributed by atoms with Gasteiger partial charge in [-0.3, -0.25) is 0 Å². The Morgan fingerprint density at radius 1 is 1.11 bits per heavy atom. The van der Waals surface area contributed by atoms with Crippen molar-refractivity contribution in [1.29, 1.82) is 0 Å². The molecule has 0 nitrogen and oxygen atoms in total. The highest BCUT2D eigenvalue weighted by atomic mass is 35.5. The number of alkyl halides is 1. The first-order valence-electron chi connectivity index (χ1n) is 6.29. The molecular weight excluding hydrogens is 259 g/mol. The van der Waals surface area contributed by atoms with E-state index in [0.29, 0.717) is 23.4 Å². The third kappa shape index (κ3) is 2.19. The molecule has 0 aromatic heterocycles. The van der Waals surface area contributed by atoms with Crippen molar-refractivity contribution >= 4 is 17.2 Å². The molecule has 2 aromatic rings. The van der Waals surface area contributed by atoms with Crippen LogP contribution in [0.25, 0.3) is 5.57 Å². The van der Waals surface area contributed by atoms with Crippen molar-refractivity contribution in [3.05, 3.63) is 76.8 Å². The lowest BCUT2D eigenvalue weighted by molar-refractivity contribution is 0.250. The summed E-state index contributed by atoms with van der Waals surface area (Å²) >= 11 is 5.85. The minimum absolute atomic E-state index is 0.345. The number of hydrogen-bond donors (Lipinski definition) is 0. The average Bonchev–Trinajstić information content (AvgIpc) is 2.65. The predicted molar refractivity (Wildman–Crippen MR) is 78.2 cm³/mol. The Morgan fingerprint density at radius 3 is 2.47 bits per heavy atom. The zero-order chi connectivity index (χ0) is 13.5. The van der Waals surface area contributed by atoms with Gasteiger partial charge in [0.25, 0.3) is 0 Å². The van der Waals surface area contributed by atoms with Gasteiger partial charge in [-0.15, -0.1) is 0 Å². The molecular formula is C17H14ClF. The van der Waals surface area contributed by atoms with Gasteiger partial charge in [-0.1, -0.05) is 54.6 Å². The molecule has 0 saturated carbocycles. The van der Waals surface area contributed by atoms with Crippen molar-refractivity contribution in [2.45, 2.75) is 18.5 Å². The van der Waals surface area contributed by atoms with E-state index in [4.69, 9.17) is 11.6 Å². The summed E-state index contributed by atoms with van der Waals surface area (Å²) in [6, 6.07) is 15.1. The van der Waals surface area contributed by atoms with Crippen molar-refractivity contribution in [2.24, 2.45) is 0 Å². The number of fused-ring (bicyclic) bond motifs is 1. The molecule has 3 rings (SSSR count). The normalized spacial score (nSPS) is 21.5. The minimum atomic E-state index is -1.38. The van der Waals surface area contributed by atoms with E-state index in [1.807, 2.05) is 36.4 Å². The summed E-state index contributed by atoms with van der Waals surface area (Å²) in [5, 5.41) is 0.671. The van der Waals surface area contributed by atoms with Crippen LogP contribution in [0.2, 0.25) is 5.02 Å². The van der Waals surface area contributed by atoms with Gasteiger partial charge in [0.1, 0.15) is 5.67 Å². The molecule has 2 heteroatoms. The first-order valence-corrected chi connectivity index (χ1v) is 6.67. The second-order valence-electron chi connectivity index (χ2n) is 5.08. The van der Waals surface area contributed by atoms with Crippen LogP contribution in [0.5, 0.6) is 0 Å². The van der Waals surface area contributed by atoms with Gasteiger partial charge in [0.2, 0.25) is 0 Å². The van der Waals surface area contributed by atoms with Gasteiger partial charge in [0.05, 0.1) is 0 Å². The Kier molecular flexibility index (Phi) is 2.94. The van der Waals surface area contributed by atoms with Crippen molar-refractivity contribution in [2.75, 3.05) is 0 Å². The van der Waals surface area contributed by atoms with Crippen LogP contribution in [0.1, 0.15) is 16.7 Å². The summed E-state index contributed by atoms with van der Waals surface area (Å²) in [5.74, 6) is 0. The Hall–Kier alpha value is -1.60. The van der Waals surface area contributed by atoms with Gasteiger partial charge in [-0.05, 0) is 34.4 Å². The summed E-state index contributed by atoms with van der Waals surface area (Å²) < 4.78 is 15.2. The Balaban J connectivity index is 1.90. The van der Waals surface area contributed by atoms with Gasteiger partial charge < -0.3 is 0 Å². The molecule has 0 amide bonds. The standard InChI is InChI=1S/C17H14ClF/c1-12-16-5-3-2-4-14(16)11-17(12,19)10-13-6-8-15(18)9-7-13/h2-9H,1,10-11H2/t17-/m1/s1. The number of hydrogen-bond acceptors (Lipinski definition) is 0. The second-order valence-corrected chi connectivity index (χ2v) is 5.52. The Labute approximate surface area is 117 Å². The van der Waals surface area contributed by atoms with Gasteiger partial charge in [0, 0.05) is 17.9 Å². The van der Waals surface area contributed by atoms with Crippen LogP contribution in [-0.4, -0.2) is 5.67 Å². The molecule has 19 heavy (non-hydrogen) atoms. The molecule has 0 N–H and O–H groups in total. The molecule has 2 aromatic carbocycles. The molecule has 1 atom stereocenters. The maximum Gasteiger partial charge on any atom is 0.144 e. The van der Waals surface area contributed by atoms with Crippen LogP contribution >= 0.6 is 11.6 Å². The van der Waals surface area contributed by atoms with E-state index in [2.05, 4.69) is 6.58 Å². The van der Waals surface area contributed by atoms with E-state index in [9.17, 15) is 0 Å². The van der Waals surface area contributed by atoms with E-state index in [1.165, 1.54) is 0 Å². The summed E-state index contributed by atoms with van der Waals surface area (Å²) in [5.41, 5.74) is 2.17. The molecule has 0 fully saturated rings. The fourth-order valence-corrected chi connectivity index (χ4v) is 2.84. The van der Waals surface area contributed by atoms with E-state index in [-0.39, 0.29) is 0 Å². The number of allylic oxidation sites excluding steroid dienone is 1. The van der Waals surface area contributed by atoms with Crippen molar-refractivity contribution < 1.29 is 4.39 Å². The minimum Gasteiger partial charge on any atom is -0.238 e. The Morgan fingerprint density at radius 2 is 1.79 bits per heavy atom. The molecule has 96 valence electrons. The quantitative estimate of drug-likeness (QED) is 0.732. The third-order valence-electron chi connectivity index (χ3n) is 3.75. The highest BCUT2D eigenvalue weighted by Gasteiger charge is 2.40. The molecule has 0 aliphatic heterocycles. The van der Waals surface area contributed by atoms with Gasteiger partial charge >= 0.3 is 0 Å². The van der Waals surface area contributed by atoms with Crippen LogP contribution in [0.4, 0.5) is 4.39 Å². The summed E-state index contributed by atoms with van der Waals surface area (Å²) in [7, 11) is 0. The fraction of sp³-hybridized carbons (Fsp3) is 0.176. The lowest BCUT2D eigenvalue weighted by atomic mass is 9.90. The maximum atomic E-state index is 15.2. The highest BCUT2D eigenvalue weighted by Crippen LogP contribution is 2.43. The molecule has 0 unspecified atom stereocenters. The molecule has 0 radical (unpaired) electrons. The highest BCUT2D eigenvalue weighted by molar-refractivity contribution is 6.30. The van der Waals surface area contributed by atoms with Gasteiger partial charge in [-0.2, -0.15) is 0 Å². The van der Waals surface area contributed by atoms with Crippen LogP contribution in [-0.2, 0) is 12.8 Å².